The highest BCUT2D eigenvalue weighted by Crippen LogP contribution is 2.47. The zero-order valence-electron chi connectivity index (χ0n) is 73.1. The minimum atomic E-state index is -3.75. The molecule has 694 valence electrons. The highest BCUT2D eigenvalue weighted by molar-refractivity contribution is 7.94. The summed E-state index contributed by atoms with van der Waals surface area (Å²) >= 11 is 1.16. The predicted octanol–water partition coefficient (Wildman–Crippen LogP) is 19.0. The third-order valence-corrected chi connectivity index (χ3v) is 26.6. The van der Waals surface area contributed by atoms with Crippen LogP contribution in [0.15, 0.2) is 204 Å². The van der Waals surface area contributed by atoms with E-state index in [0.717, 1.165) is 188 Å². The zero-order chi connectivity index (χ0) is 86.8. The van der Waals surface area contributed by atoms with E-state index in [2.05, 4.69) is 78.4 Å². The smallest absolute Gasteiger partial charge is 0.412 e. The number of nitrogens with one attached hydrogen (secondary N) is 2. The van der Waals surface area contributed by atoms with Crippen LogP contribution in [0.4, 0.5) is 38.9 Å². The molecule has 4 N–H and O–H groups in total. The van der Waals surface area contributed by atoms with Crippen LogP contribution in [-0.2, 0) is 34.4 Å². The number of thiophene rings is 1. The van der Waals surface area contributed by atoms with E-state index in [1.807, 2.05) is 187 Å². The van der Waals surface area contributed by atoms with Gasteiger partial charge in [0.05, 0.1) is 60.8 Å². The summed E-state index contributed by atoms with van der Waals surface area (Å²) in [5, 5.41) is 4.57. The molecule has 0 radical (unpaired) electrons. The lowest BCUT2D eigenvalue weighted by Crippen LogP contribution is -2.46. The third-order valence-electron chi connectivity index (χ3n) is 23.8. The van der Waals surface area contributed by atoms with Gasteiger partial charge >= 0.3 is 6.09 Å². The average Bonchev–Trinajstić information content (AvgIpc) is 1.62. The molecule has 3 atom stereocenters. The summed E-state index contributed by atoms with van der Waals surface area (Å²) in [5.74, 6) is 3.51. The Morgan fingerprint density at radius 1 is 0.403 bits per heavy atom. The minimum Gasteiger partial charge on any atom is -0.493 e. The molecule has 10 aromatic rings. The molecular weight excluding hydrogens is 1710 g/mol. The Labute approximate surface area is 780 Å². The minimum absolute atomic E-state index is 0. The normalized spacial score (nSPS) is 15.5. The number of halogens is 2. The quantitative estimate of drug-likeness (QED) is 0.0450. The number of ether oxygens (including phenoxy) is 7. The predicted molar refractivity (Wildman–Crippen MR) is 526 cm³/mol. The molecule has 6 aliphatic heterocycles. The first-order valence-electron chi connectivity index (χ1n) is 42.0. The van der Waals surface area contributed by atoms with Crippen molar-refractivity contribution in [2.75, 3.05) is 171 Å². The van der Waals surface area contributed by atoms with Gasteiger partial charge in [-0.2, -0.15) is 0 Å². The number of carbonyl (C=O) groups is 4. The van der Waals surface area contributed by atoms with Crippen LogP contribution in [0.5, 0.6) is 34.5 Å². The molecule has 3 unspecified atom stereocenters. The molecular formula is C100H130Cl2N12O13S2. The molecule has 9 aromatic carbocycles. The number of likely N-dealkylation sites (N-methyl/N-ethyl adjacent to an activating group) is 3. The highest BCUT2D eigenvalue weighted by Gasteiger charge is 2.42. The maximum Gasteiger partial charge on any atom is 0.412 e. The second kappa shape index (κ2) is 45.7. The number of hydrogen-bond donors (Lipinski definition) is 3. The number of nitrogens with two attached hydrogens (primary N) is 1. The van der Waals surface area contributed by atoms with Crippen LogP contribution in [0, 0.1) is 0 Å². The molecule has 0 bridgehead atoms. The summed E-state index contributed by atoms with van der Waals surface area (Å²) in [5.41, 5.74) is 21.2. The standard InChI is InChI=1S/C34H42N4O5.C33H36N4O5S2.C29H34N4O3.4CH4.2ClH/c1-7-36-16-18-37(19-17-36)28-13-9-12-26-27(28)22-38(32(26)39)31(24-14-15-29(41-5)30(21-24)42-6)23-10-8-11-25(20-23)35-33(40)43-34(2,3)4;1-4-35-15-17-36(18-16-35)28-11-6-10-26-27(28)22-37(33(26)38)32(24-13-14-29(41-2)30(21-24)42-3)23-8-5-9-25(20-23)34-44(39,40)31-12-7-19-43-31;1-4-31-13-15-32(16-14-31)25-10-6-9-23-24(25)19-33(29(23)34)28(20-7-5-8-22(30)17-20)21-11-12-26(35-2)27(18-21)36-3;;;;;;/h8-15,20-21,31H,7,16-19,22H2,1-6H3,(H,35,40);5-14,19-21,32,34H,4,15-18,22H2,1-3H3;5-12,17-18,28H,4,13-16,19,30H2,1-3H3;4*1H4;2*1H. The van der Waals surface area contributed by atoms with Crippen molar-refractivity contribution in [3.63, 3.8) is 0 Å². The molecule has 3 fully saturated rings. The van der Waals surface area contributed by atoms with E-state index in [4.69, 9.17) is 38.9 Å². The van der Waals surface area contributed by atoms with Gasteiger partial charge in [0.15, 0.2) is 34.5 Å². The fourth-order valence-corrected chi connectivity index (χ4v) is 19.5. The van der Waals surface area contributed by atoms with Gasteiger partial charge in [0.25, 0.3) is 27.7 Å². The Balaban J connectivity index is 0.000000235. The van der Waals surface area contributed by atoms with Crippen LogP contribution in [0.25, 0.3) is 0 Å². The monoisotopic (exact) mass is 1840 g/mol. The first-order valence-corrected chi connectivity index (χ1v) is 44.3. The first-order chi connectivity index (χ1) is 59.5. The van der Waals surface area contributed by atoms with Crippen LogP contribution < -0.4 is 58.9 Å². The lowest BCUT2D eigenvalue weighted by Gasteiger charge is -2.36. The van der Waals surface area contributed by atoms with E-state index < -0.39 is 33.8 Å². The van der Waals surface area contributed by atoms with Crippen LogP contribution in [0.3, 0.4) is 0 Å². The van der Waals surface area contributed by atoms with Crippen LogP contribution in [0.1, 0.15) is 171 Å². The number of nitrogens with zero attached hydrogens (tertiary/aromatic N) is 9. The number of rotatable bonds is 25. The van der Waals surface area contributed by atoms with E-state index in [1.54, 1.807) is 72.3 Å². The van der Waals surface area contributed by atoms with Gasteiger partial charge in [0.1, 0.15) is 9.81 Å². The molecule has 29 heteroatoms. The number of amides is 4. The second-order valence-corrected chi connectivity index (χ2v) is 35.0. The number of sulfonamides is 1. The van der Waals surface area contributed by atoms with E-state index in [1.165, 1.54) is 0 Å². The van der Waals surface area contributed by atoms with Crippen LogP contribution >= 0.6 is 36.2 Å². The van der Waals surface area contributed by atoms with E-state index in [0.29, 0.717) is 76.8 Å². The van der Waals surface area contributed by atoms with Gasteiger partial charge in [-0.25, -0.2) is 13.2 Å². The number of nitrogen functional groups attached to an aromatic ring is 1. The van der Waals surface area contributed by atoms with Crippen LogP contribution in [0.2, 0.25) is 0 Å². The molecule has 129 heavy (non-hydrogen) atoms. The number of fused-ring (bicyclic) bond motifs is 3. The molecule has 0 spiro atoms. The van der Waals surface area contributed by atoms with Crippen molar-refractivity contribution in [2.24, 2.45) is 0 Å². The van der Waals surface area contributed by atoms with Gasteiger partial charge < -0.3 is 83.0 Å². The summed E-state index contributed by atoms with van der Waals surface area (Å²) < 4.78 is 67.8. The first kappa shape index (κ1) is 103. The molecule has 7 heterocycles. The fraction of sp³-hybridized carbons (Fsp3) is 0.380. The topological polar surface area (TPSA) is 246 Å². The van der Waals surface area contributed by atoms with Crippen LogP contribution in [-0.4, -0.2) is 208 Å². The number of hydrogen-bond acceptors (Lipinski definition) is 21. The summed E-state index contributed by atoms with van der Waals surface area (Å²) in [6.07, 6.45) is -0.537. The van der Waals surface area contributed by atoms with Crippen molar-refractivity contribution in [2.45, 2.75) is 119 Å². The van der Waals surface area contributed by atoms with Crippen molar-refractivity contribution < 1.29 is 60.8 Å². The average molecular weight is 1840 g/mol. The number of carbonyl (C=O) groups excluding carboxylic acids is 4. The molecule has 25 nitrogen and oxygen atoms in total. The second-order valence-electron chi connectivity index (χ2n) is 32.1. The van der Waals surface area contributed by atoms with Crippen molar-refractivity contribution in [1.29, 1.82) is 0 Å². The van der Waals surface area contributed by atoms with Gasteiger partial charge in [-0.15, -0.1) is 36.2 Å². The highest BCUT2D eigenvalue weighted by atomic mass is 35.5. The summed E-state index contributed by atoms with van der Waals surface area (Å²) in [4.78, 5) is 75.1. The molecule has 0 saturated carbocycles. The molecule has 3 saturated heterocycles. The summed E-state index contributed by atoms with van der Waals surface area (Å²) in [6.45, 7) is 28.3. The molecule has 16 rings (SSSR count). The van der Waals surface area contributed by atoms with E-state index in [9.17, 15) is 27.6 Å². The molecule has 4 amide bonds. The Morgan fingerprint density at radius 2 is 0.721 bits per heavy atom. The van der Waals surface area contributed by atoms with Crippen molar-refractivity contribution >= 4 is 104 Å². The zero-order valence-corrected chi connectivity index (χ0v) is 76.3. The van der Waals surface area contributed by atoms with Gasteiger partial charge in [-0.3, -0.25) is 24.4 Å². The van der Waals surface area contributed by atoms with Crippen molar-refractivity contribution in [3.8, 4) is 34.5 Å². The summed E-state index contributed by atoms with van der Waals surface area (Å²) in [7, 11) is 5.86. The van der Waals surface area contributed by atoms with Crippen molar-refractivity contribution in [3.05, 3.63) is 266 Å². The van der Waals surface area contributed by atoms with E-state index in [-0.39, 0.29) is 82.5 Å². The Kier molecular flexibility index (Phi) is 36.5. The number of benzene rings is 9. The van der Waals surface area contributed by atoms with Gasteiger partial charge in [0, 0.05) is 166 Å². The maximum absolute atomic E-state index is 14.2. The Hall–Kier alpha value is -11.4. The van der Waals surface area contributed by atoms with Gasteiger partial charge in [-0.05, 0) is 194 Å². The van der Waals surface area contributed by atoms with Crippen molar-refractivity contribution in [1.82, 2.24) is 29.4 Å². The van der Waals surface area contributed by atoms with Gasteiger partial charge in [-0.1, -0.05) is 129 Å². The maximum atomic E-state index is 14.2. The number of anilines is 6. The SMILES string of the molecule is C.C.C.C.CCN1CCN(c2cccc3c2CN(C(c2cccc(N)c2)c2ccc(OC)c(OC)c2)C3=O)CC1.CCN1CCN(c2cccc3c2CN(C(c2cccc(NC(=O)OC(C)(C)C)c2)c2ccc(OC)c(OC)c2)C3=O)CC1.CCN1CCN(c2cccc3c2CN(C(c2cccc(NS(=O)(=O)c4cccs4)c2)c2ccc(OC)c(OC)c2)C3=O)CC1.Cl.Cl. The number of methoxy groups -OCH3 is 6. The Morgan fingerprint density at radius 3 is 1.04 bits per heavy atom. The largest absolute Gasteiger partial charge is 0.493 e. The molecule has 1 aromatic heterocycles. The lowest BCUT2D eigenvalue weighted by atomic mass is 9.96. The van der Waals surface area contributed by atoms with E-state index >= 15 is 0 Å². The summed E-state index contributed by atoms with van der Waals surface area (Å²) in [6, 6.07) is 59.9. The third kappa shape index (κ3) is 22.9. The molecule has 0 aliphatic carbocycles. The molecule has 6 aliphatic rings. The van der Waals surface area contributed by atoms with Gasteiger partial charge in [0.2, 0.25) is 0 Å². The number of piperazine rings is 3. The fourth-order valence-electron chi connectivity index (χ4n) is 17.5. The lowest BCUT2D eigenvalue weighted by molar-refractivity contribution is 0.0633. The Bertz CT molecular complexity index is 5560.